The van der Waals surface area contributed by atoms with E-state index in [1.165, 1.54) is 0 Å². The summed E-state index contributed by atoms with van der Waals surface area (Å²) in [6.45, 7) is 2.01. The molecule has 2 aromatic rings. The number of hydrogen-bond acceptors (Lipinski definition) is 4. The van der Waals surface area contributed by atoms with Crippen LogP contribution >= 0.6 is 0 Å². The van der Waals surface area contributed by atoms with Gasteiger partial charge in [0.05, 0.1) is 7.11 Å². The van der Waals surface area contributed by atoms with Crippen molar-refractivity contribution in [3.8, 4) is 11.4 Å². The molecule has 1 fully saturated rings. The molecule has 1 saturated carbocycles. The van der Waals surface area contributed by atoms with Gasteiger partial charge in [-0.15, -0.1) is 0 Å². The van der Waals surface area contributed by atoms with E-state index >= 15 is 0 Å². The lowest BCUT2D eigenvalue weighted by atomic mass is 9.92. The summed E-state index contributed by atoms with van der Waals surface area (Å²) in [6, 6.07) is 8.05. The van der Waals surface area contributed by atoms with Gasteiger partial charge in [0.15, 0.2) is 5.69 Å². The Morgan fingerprint density at radius 1 is 1.29 bits per heavy atom. The highest BCUT2D eigenvalue weighted by atomic mass is 16.5. The van der Waals surface area contributed by atoms with Gasteiger partial charge < -0.3 is 15.8 Å². The lowest BCUT2D eigenvalue weighted by molar-refractivity contribution is 0.0920. The van der Waals surface area contributed by atoms with Gasteiger partial charge in [-0.25, -0.2) is 4.68 Å². The van der Waals surface area contributed by atoms with E-state index in [9.17, 15) is 4.79 Å². The van der Waals surface area contributed by atoms with Gasteiger partial charge >= 0.3 is 0 Å². The summed E-state index contributed by atoms with van der Waals surface area (Å²) < 4.78 is 7.06. The molecule has 0 radical (unpaired) electrons. The molecule has 0 saturated heterocycles. The summed E-state index contributed by atoms with van der Waals surface area (Å²) >= 11 is 0. The third-order valence-electron chi connectivity index (χ3n) is 4.51. The first-order valence-corrected chi connectivity index (χ1v) is 8.34. The van der Waals surface area contributed by atoms with Crippen molar-refractivity contribution in [2.24, 2.45) is 5.73 Å². The maximum Gasteiger partial charge on any atom is 0.272 e. The summed E-state index contributed by atoms with van der Waals surface area (Å²) in [5, 5.41) is 7.47. The number of ether oxygens (including phenoxy) is 1. The van der Waals surface area contributed by atoms with Crippen molar-refractivity contribution in [3.63, 3.8) is 0 Å². The van der Waals surface area contributed by atoms with E-state index in [2.05, 4.69) is 10.4 Å². The van der Waals surface area contributed by atoms with Gasteiger partial charge in [0.25, 0.3) is 5.91 Å². The van der Waals surface area contributed by atoms with Crippen LogP contribution in [-0.4, -0.2) is 34.9 Å². The highest BCUT2D eigenvalue weighted by molar-refractivity contribution is 5.92. The second kappa shape index (κ2) is 7.05. The Labute approximate surface area is 142 Å². The predicted octanol–water partition coefficient (Wildman–Crippen LogP) is 2.19. The fourth-order valence-corrected chi connectivity index (χ4v) is 3.08. The quantitative estimate of drug-likeness (QED) is 0.901. The number of rotatable bonds is 4. The van der Waals surface area contributed by atoms with Gasteiger partial charge in [0.1, 0.15) is 11.4 Å². The molecule has 128 valence electrons. The first-order chi connectivity index (χ1) is 11.6. The third-order valence-corrected chi connectivity index (χ3v) is 4.51. The van der Waals surface area contributed by atoms with Crippen molar-refractivity contribution in [2.75, 3.05) is 7.11 Å². The smallest absolute Gasteiger partial charge is 0.272 e. The fourth-order valence-electron chi connectivity index (χ4n) is 3.08. The molecule has 0 atom stereocenters. The molecule has 1 aliphatic carbocycles. The number of benzene rings is 1. The zero-order valence-electron chi connectivity index (χ0n) is 14.2. The topological polar surface area (TPSA) is 82.2 Å². The largest absolute Gasteiger partial charge is 0.494 e. The summed E-state index contributed by atoms with van der Waals surface area (Å²) in [4.78, 5) is 12.4. The number of methoxy groups -OCH3 is 1. The summed E-state index contributed by atoms with van der Waals surface area (Å²) in [7, 11) is 1.62. The average molecular weight is 328 g/mol. The molecule has 1 aliphatic rings. The lowest BCUT2D eigenvalue weighted by Crippen LogP contribution is -2.40. The Hall–Kier alpha value is -2.34. The number of carbonyl (C=O) groups excluding carboxylic acids is 1. The van der Waals surface area contributed by atoms with E-state index in [0.717, 1.165) is 42.7 Å². The van der Waals surface area contributed by atoms with E-state index in [0.29, 0.717) is 5.69 Å². The van der Waals surface area contributed by atoms with Crippen molar-refractivity contribution >= 4 is 5.91 Å². The van der Waals surface area contributed by atoms with Crippen LogP contribution in [0.2, 0.25) is 0 Å². The summed E-state index contributed by atoms with van der Waals surface area (Å²) in [6.07, 6.45) is 5.56. The van der Waals surface area contributed by atoms with E-state index in [1.54, 1.807) is 24.1 Å². The van der Waals surface area contributed by atoms with Crippen LogP contribution in [0.1, 0.15) is 41.7 Å². The van der Waals surface area contributed by atoms with Crippen LogP contribution in [0.25, 0.3) is 5.69 Å². The Balaban J connectivity index is 1.73. The van der Waals surface area contributed by atoms with Crippen LogP contribution < -0.4 is 15.8 Å². The monoisotopic (exact) mass is 328 g/mol. The predicted molar refractivity (Wildman–Crippen MR) is 92.6 cm³/mol. The molecule has 0 spiro atoms. The minimum absolute atomic E-state index is 0.138. The second-order valence-electron chi connectivity index (χ2n) is 6.41. The molecule has 6 nitrogen and oxygen atoms in total. The Morgan fingerprint density at radius 2 is 2.04 bits per heavy atom. The number of nitrogens with zero attached hydrogens (tertiary/aromatic N) is 2. The lowest BCUT2D eigenvalue weighted by Gasteiger charge is -2.26. The molecular formula is C18H24N4O2. The van der Waals surface area contributed by atoms with Crippen molar-refractivity contribution in [3.05, 3.63) is 41.7 Å². The van der Waals surface area contributed by atoms with Crippen LogP contribution in [0.15, 0.2) is 30.5 Å². The fraction of sp³-hybridized carbons (Fsp3) is 0.444. The maximum absolute atomic E-state index is 12.4. The van der Waals surface area contributed by atoms with Crippen molar-refractivity contribution in [1.29, 1.82) is 0 Å². The Bertz CT molecular complexity index is 718. The van der Waals surface area contributed by atoms with E-state index < -0.39 is 0 Å². The highest BCUT2D eigenvalue weighted by Crippen LogP contribution is 2.23. The van der Waals surface area contributed by atoms with Crippen molar-refractivity contribution in [1.82, 2.24) is 15.1 Å². The molecule has 1 aromatic carbocycles. The number of aryl methyl sites for hydroxylation is 1. The normalized spacial score (nSPS) is 20.6. The van der Waals surface area contributed by atoms with E-state index in [4.69, 9.17) is 10.5 Å². The van der Waals surface area contributed by atoms with Crippen LogP contribution in [0.4, 0.5) is 0 Å². The van der Waals surface area contributed by atoms with Gasteiger partial charge in [-0.05, 0) is 56.4 Å². The molecule has 0 unspecified atom stereocenters. The molecule has 1 heterocycles. The minimum atomic E-state index is -0.138. The first kappa shape index (κ1) is 16.5. The second-order valence-corrected chi connectivity index (χ2v) is 6.41. The number of nitrogens with two attached hydrogens (primary N) is 1. The SMILES string of the molecule is COc1ccc(C)cc1-n1ccc(C(=O)NC2CCC(N)CC2)n1. The van der Waals surface area contributed by atoms with Gasteiger partial charge in [-0.3, -0.25) is 4.79 Å². The molecule has 3 rings (SSSR count). The molecule has 3 N–H and O–H groups in total. The Morgan fingerprint density at radius 3 is 2.75 bits per heavy atom. The molecule has 1 amide bonds. The number of hydrogen-bond donors (Lipinski definition) is 2. The average Bonchev–Trinajstić information content (AvgIpc) is 3.07. The standard InChI is InChI=1S/C18H24N4O2/c1-12-3-8-17(24-2)16(11-12)22-10-9-15(21-22)18(23)20-14-6-4-13(19)5-7-14/h3,8-11,13-14H,4-7,19H2,1-2H3,(H,20,23). The highest BCUT2D eigenvalue weighted by Gasteiger charge is 2.21. The number of aromatic nitrogens is 2. The number of amides is 1. The summed E-state index contributed by atoms with van der Waals surface area (Å²) in [5.74, 6) is 0.581. The molecule has 6 heteroatoms. The van der Waals surface area contributed by atoms with Crippen molar-refractivity contribution in [2.45, 2.75) is 44.7 Å². The van der Waals surface area contributed by atoms with E-state index in [1.807, 2.05) is 25.1 Å². The number of nitrogens with one attached hydrogen (secondary N) is 1. The first-order valence-electron chi connectivity index (χ1n) is 8.34. The van der Waals surface area contributed by atoms with Crippen LogP contribution in [0.3, 0.4) is 0 Å². The Kier molecular flexibility index (Phi) is 4.85. The molecule has 0 aliphatic heterocycles. The summed E-state index contributed by atoms with van der Waals surface area (Å²) in [5.41, 5.74) is 8.24. The van der Waals surface area contributed by atoms with Crippen LogP contribution in [0, 0.1) is 6.92 Å². The van der Waals surface area contributed by atoms with Gasteiger partial charge in [0.2, 0.25) is 0 Å². The third kappa shape index (κ3) is 3.59. The molecule has 0 bridgehead atoms. The van der Waals surface area contributed by atoms with E-state index in [-0.39, 0.29) is 18.0 Å². The maximum atomic E-state index is 12.4. The van der Waals surface area contributed by atoms with Gasteiger partial charge in [0, 0.05) is 18.3 Å². The van der Waals surface area contributed by atoms with Crippen LogP contribution in [0.5, 0.6) is 5.75 Å². The van der Waals surface area contributed by atoms with Gasteiger partial charge in [-0.2, -0.15) is 5.10 Å². The zero-order chi connectivity index (χ0) is 17.1. The number of carbonyl (C=O) groups is 1. The molecule has 1 aromatic heterocycles. The van der Waals surface area contributed by atoms with Crippen LogP contribution in [-0.2, 0) is 0 Å². The molecular weight excluding hydrogens is 304 g/mol. The zero-order valence-corrected chi connectivity index (χ0v) is 14.2. The van der Waals surface area contributed by atoms with Crippen molar-refractivity contribution < 1.29 is 9.53 Å². The molecule has 24 heavy (non-hydrogen) atoms. The van der Waals surface area contributed by atoms with Gasteiger partial charge in [-0.1, -0.05) is 6.07 Å². The minimum Gasteiger partial charge on any atom is -0.494 e.